The summed E-state index contributed by atoms with van der Waals surface area (Å²) in [6.07, 6.45) is 0.889. The van der Waals surface area contributed by atoms with Gasteiger partial charge in [0.2, 0.25) is 0 Å². The van der Waals surface area contributed by atoms with Gasteiger partial charge in [-0.2, -0.15) is 0 Å². The van der Waals surface area contributed by atoms with Crippen molar-refractivity contribution >= 4 is 15.8 Å². The van der Waals surface area contributed by atoms with Crippen molar-refractivity contribution in [3.63, 3.8) is 0 Å². The second-order valence-electron chi connectivity index (χ2n) is 5.76. The first-order valence-electron chi connectivity index (χ1n) is 7.48. The molecule has 0 radical (unpaired) electrons. The summed E-state index contributed by atoms with van der Waals surface area (Å²) in [5, 5.41) is 23.6. The Morgan fingerprint density at radius 1 is 1.40 bits per heavy atom. The molecular formula is C15H18N2O7S. The van der Waals surface area contributed by atoms with E-state index in [2.05, 4.69) is 9.79 Å². The van der Waals surface area contributed by atoms with Crippen LogP contribution in [0.25, 0.3) is 0 Å². The fourth-order valence-corrected chi connectivity index (χ4v) is 3.56. The molecule has 0 aliphatic rings. The number of carbonyl (C=O) groups is 1. The third-order valence-corrected chi connectivity index (χ3v) is 5.43. The lowest BCUT2D eigenvalue weighted by molar-refractivity contribution is -0.832. The molecule has 0 amide bonds. The molecule has 0 aliphatic heterocycles. The number of aromatic nitrogens is 2. The lowest BCUT2D eigenvalue weighted by Gasteiger charge is -2.22. The van der Waals surface area contributed by atoms with Crippen LogP contribution in [-0.4, -0.2) is 31.3 Å². The zero-order valence-electron chi connectivity index (χ0n) is 13.7. The van der Waals surface area contributed by atoms with Crippen LogP contribution in [-0.2, 0) is 14.6 Å². The van der Waals surface area contributed by atoms with Crippen molar-refractivity contribution < 1.29 is 32.6 Å². The van der Waals surface area contributed by atoms with Gasteiger partial charge in [0.15, 0.2) is 0 Å². The summed E-state index contributed by atoms with van der Waals surface area (Å²) in [6.45, 7) is 2.92. The van der Waals surface area contributed by atoms with Crippen LogP contribution in [0.3, 0.4) is 0 Å². The molecule has 25 heavy (non-hydrogen) atoms. The second kappa shape index (κ2) is 7.09. The Hall–Kier alpha value is -2.62. The van der Waals surface area contributed by atoms with Crippen LogP contribution < -0.4 is 9.64 Å². The van der Waals surface area contributed by atoms with E-state index in [9.17, 15) is 23.5 Å². The van der Waals surface area contributed by atoms with Crippen LogP contribution >= 0.6 is 0 Å². The van der Waals surface area contributed by atoms with Crippen LogP contribution in [0.2, 0.25) is 0 Å². The van der Waals surface area contributed by atoms with Crippen LogP contribution in [0.5, 0.6) is 5.88 Å². The van der Waals surface area contributed by atoms with Crippen molar-refractivity contribution in [3.8, 4) is 5.88 Å². The number of sulfone groups is 1. The number of carboxylic acid groups (broad SMARTS) is 1. The summed E-state index contributed by atoms with van der Waals surface area (Å²) in [7, 11) is -4.24. The van der Waals surface area contributed by atoms with Crippen molar-refractivity contribution in [3.05, 3.63) is 35.5 Å². The number of aliphatic carboxylic acids is 1. The van der Waals surface area contributed by atoms with Crippen LogP contribution in [0.15, 0.2) is 44.9 Å². The summed E-state index contributed by atoms with van der Waals surface area (Å²) in [5.74, 6) is -1.66. The molecule has 1 unspecified atom stereocenters. The number of nitrogens with zero attached hydrogens (tertiary/aromatic N) is 2. The minimum absolute atomic E-state index is 0.137. The molecule has 136 valence electrons. The highest BCUT2D eigenvalue weighted by molar-refractivity contribution is 7.91. The average Bonchev–Trinajstić information content (AvgIpc) is 2.95. The third kappa shape index (κ3) is 3.73. The number of ether oxygens (including phenoxy) is 1. The van der Waals surface area contributed by atoms with E-state index in [-0.39, 0.29) is 16.4 Å². The maximum absolute atomic E-state index is 12.6. The second-order valence-corrected chi connectivity index (χ2v) is 7.63. The summed E-state index contributed by atoms with van der Waals surface area (Å²) in [4.78, 5) is 11.0. The molecule has 0 spiro atoms. The smallest absolute Gasteiger partial charge is 0.415 e. The largest absolute Gasteiger partial charge is 0.481 e. The van der Waals surface area contributed by atoms with E-state index in [1.54, 1.807) is 6.07 Å². The van der Waals surface area contributed by atoms with Gasteiger partial charge in [0, 0.05) is 0 Å². The Morgan fingerprint density at radius 3 is 2.60 bits per heavy atom. The average molecular weight is 370 g/mol. The quantitative estimate of drug-likeness (QED) is 0.689. The van der Waals surface area contributed by atoms with Gasteiger partial charge in [0.05, 0.1) is 15.5 Å². The Kier molecular flexibility index (Phi) is 5.31. The van der Waals surface area contributed by atoms with Gasteiger partial charge < -0.3 is 15.1 Å². The topological polar surface area (TPSA) is 134 Å². The van der Waals surface area contributed by atoms with Gasteiger partial charge in [-0.3, -0.25) is 9.42 Å². The Labute approximate surface area is 144 Å². The first kappa shape index (κ1) is 18.7. The summed E-state index contributed by atoms with van der Waals surface area (Å²) in [5.41, 5.74) is -1.25. The fraction of sp³-hybridized carbons (Fsp3) is 0.400. The lowest BCUT2D eigenvalue weighted by Crippen LogP contribution is -2.35. The Balaban J connectivity index is 2.36. The van der Waals surface area contributed by atoms with Crippen molar-refractivity contribution in [2.45, 2.75) is 36.6 Å². The van der Waals surface area contributed by atoms with Crippen molar-refractivity contribution in [1.29, 1.82) is 0 Å². The molecule has 10 heteroatoms. The van der Waals surface area contributed by atoms with Crippen LogP contribution in [0, 0.1) is 10.6 Å². The number of carboxylic acids is 1. The van der Waals surface area contributed by atoms with Crippen LogP contribution in [0.4, 0.5) is 0 Å². The van der Waals surface area contributed by atoms with E-state index in [0.717, 1.165) is 0 Å². The molecule has 0 saturated carbocycles. The molecule has 1 aromatic heterocycles. The number of hydrogen-bond donors (Lipinski definition) is 1. The molecule has 1 atom stereocenters. The molecule has 0 saturated heterocycles. The number of rotatable bonds is 8. The van der Waals surface area contributed by atoms with E-state index in [1.165, 1.54) is 31.2 Å². The highest BCUT2D eigenvalue weighted by atomic mass is 32.2. The lowest BCUT2D eigenvalue weighted by atomic mass is 9.87. The van der Waals surface area contributed by atoms with Gasteiger partial charge in [-0.25, -0.2) is 8.42 Å². The zero-order chi connectivity index (χ0) is 18.7. The third-order valence-electron chi connectivity index (χ3n) is 3.70. The van der Waals surface area contributed by atoms with Crippen molar-refractivity contribution in [2.24, 2.45) is 5.41 Å². The number of hydrogen-bond acceptors (Lipinski definition) is 7. The molecule has 1 N–H and O–H groups in total. The predicted octanol–water partition coefficient (Wildman–Crippen LogP) is 1.41. The summed E-state index contributed by atoms with van der Waals surface area (Å²) in [6, 6.07) is 7.24. The fourth-order valence-electron chi connectivity index (χ4n) is 2.26. The molecule has 1 heterocycles. The highest BCUT2D eigenvalue weighted by Crippen LogP contribution is 2.29. The molecule has 9 nitrogen and oxygen atoms in total. The maximum Gasteiger partial charge on any atom is 0.415 e. The predicted molar refractivity (Wildman–Crippen MR) is 83.5 cm³/mol. The van der Waals surface area contributed by atoms with Crippen LogP contribution in [0.1, 0.15) is 26.7 Å². The molecule has 2 aromatic rings. The van der Waals surface area contributed by atoms with E-state index < -0.39 is 32.1 Å². The van der Waals surface area contributed by atoms with Gasteiger partial charge in [0.1, 0.15) is 6.61 Å². The SMILES string of the molecule is CCCC(C)(COc1no[n+]([O-])c1S(=O)(=O)c1ccccc1)C(=O)O. The summed E-state index contributed by atoms with van der Waals surface area (Å²) >= 11 is 0. The van der Waals surface area contributed by atoms with Crippen molar-refractivity contribution in [2.75, 3.05) is 6.61 Å². The van der Waals surface area contributed by atoms with Crippen molar-refractivity contribution in [1.82, 2.24) is 5.16 Å². The molecular weight excluding hydrogens is 352 g/mol. The number of benzene rings is 1. The Morgan fingerprint density at radius 2 is 2.04 bits per heavy atom. The molecule has 2 rings (SSSR count). The Bertz CT molecular complexity index is 848. The molecule has 0 aliphatic carbocycles. The first-order valence-corrected chi connectivity index (χ1v) is 8.97. The van der Waals surface area contributed by atoms with Gasteiger partial charge in [-0.05, 0) is 30.4 Å². The molecule has 1 aromatic carbocycles. The van der Waals surface area contributed by atoms with E-state index >= 15 is 0 Å². The van der Waals surface area contributed by atoms with Gasteiger partial charge in [0.25, 0.3) is 9.84 Å². The van der Waals surface area contributed by atoms with E-state index in [4.69, 9.17) is 4.74 Å². The maximum atomic E-state index is 12.6. The van der Waals surface area contributed by atoms with Gasteiger partial charge in [-0.15, -0.1) is 0 Å². The van der Waals surface area contributed by atoms with E-state index in [1.807, 2.05) is 6.92 Å². The minimum atomic E-state index is -4.24. The van der Waals surface area contributed by atoms with E-state index in [0.29, 0.717) is 12.8 Å². The highest BCUT2D eigenvalue weighted by Gasteiger charge is 2.39. The monoisotopic (exact) mass is 370 g/mol. The molecule has 0 fully saturated rings. The summed E-state index contributed by atoms with van der Waals surface area (Å²) < 4.78 is 34.8. The first-order chi connectivity index (χ1) is 11.7. The zero-order valence-corrected chi connectivity index (χ0v) is 14.5. The molecule has 0 bridgehead atoms. The van der Waals surface area contributed by atoms with Gasteiger partial charge in [-0.1, -0.05) is 31.5 Å². The standard InChI is InChI=1S/C15H18N2O7S/c1-3-9-15(2,14(18)19)10-23-12-13(17(20)24-16-12)25(21,22)11-7-5-4-6-8-11/h4-8H,3,9-10H2,1-2H3,(H,18,19). The minimum Gasteiger partial charge on any atom is -0.481 e. The van der Waals surface area contributed by atoms with Gasteiger partial charge >= 0.3 is 16.9 Å². The normalized spacial score (nSPS) is 14.0.